The summed E-state index contributed by atoms with van der Waals surface area (Å²) in [6, 6.07) is -0.934. The number of hydrogen-bond acceptors (Lipinski definition) is 13. The summed E-state index contributed by atoms with van der Waals surface area (Å²) in [7, 11) is 0. The Bertz CT molecular complexity index is 1710. The highest BCUT2D eigenvalue weighted by Gasteiger charge is 2.51. The molecule has 14 nitrogen and oxygen atoms in total. The molecule has 0 aromatic heterocycles. The first-order valence-electron chi connectivity index (χ1n) is 38.4. The molecule has 2 heterocycles. The summed E-state index contributed by atoms with van der Waals surface area (Å²) in [5, 5.41) is 87.6. The van der Waals surface area contributed by atoms with Gasteiger partial charge >= 0.3 is 0 Å². The summed E-state index contributed by atoms with van der Waals surface area (Å²) < 4.78 is 22.9. The fraction of sp³-hybridized carbons (Fsp3) is 0.883. The molecule has 12 unspecified atom stereocenters. The van der Waals surface area contributed by atoms with Crippen molar-refractivity contribution in [1.82, 2.24) is 5.32 Å². The van der Waals surface area contributed by atoms with E-state index >= 15 is 0 Å². The highest BCUT2D eigenvalue weighted by molar-refractivity contribution is 5.76. The van der Waals surface area contributed by atoms with Crippen LogP contribution in [0.5, 0.6) is 0 Å². The quantitative estimate of drug-likeness (QED) is 0.0204. The second-order valence-electron chi connectivity index (χ2n) is 27.1. The largest absolute Gasteiger partial charge is 0.394 e. The van der Waals surface area contributed by atoms with Gasteiger partial charge in [-0.15, -0.1) is 0 Å². The number of ether oxygens (including phenoxy) is 4. The minimum atomic E-state index is -1.79. The number of rotatable bonds is 64. The summed E-state index contributed by atoms with van der Waals surface area (Å²) in [6.07, 6.45) is 64.7. The molecule has 2 saturated heterocycles. The van der Waals surface area contributed by atoms with E-state index in [0.29, 0.717) is 12.8 Å². The van der Waals surface area contributed by atoms with Crippen LogP contribution in [0.4, 0.5) is 0 Å². The van der Waals surface area contributed by atoms with E-state index in [4.69, 9.17) is 18.9 Å². The molecule has 9 N–H and O–H groups in total. The molecule has 2 rings (SSSR count). The molecular formula is C77H143NO13. The lowest BCUT2D eigenvalue weighted by Gasteiger charge is -2.46. The molecule has 91 heavy (non-hydrogen) atoms. The van der Waals surface area contributed by atoms with Crippen LogP contribution in [0, 0.1) is 0 Å². The Kier molecular flexibility index (Phi) is 57.5. The van der Waals surface area contributed by atoms with Crippen LogP contribution in [0.3, 0.4) is 0 Å². The van der Waals surface area contributed by atoms with Crippen LogP contribution in [0.15, 0.2) is 48.6 Å². The summed E-state index contributed by atoms with van der Waals surface area (Å²) >= 11 is 0. The van der Waals surface area contributed by atoms with Crippen LogP contribution in [0.2, 0.25) is 0 Å². The molecule has 0 radical (unpaired) electrons. The SMILES string of the molecule is CCCCCCC/C=C\C/C=C\CCCCCCCCCCCCCCCCCC(=O)NC(COC1OC(CO)C(OC2OC(CO)C(O)C(O)C2O)C(O)C1O)C(O)/C=C/CC/C=C/CCCCCCCCCCCCCCCCCCCCCCCCCC. The highest BCUT2D eigenvalue weighted by atomic mass is 16.7. The van der Waals surface area contributed by atoms with E-state index in [9.17, 15) is 45.6 Å². The standard InChI is InChI=1S/C77H143NO13/c1-3-5-7-9-11-13-15-17-19-21-23-25-27-29-31-32-33-35-36-38-40-42-44-46-48-50-52-54-56-58-60-66(81)65(64-88-76-74(87)72(85)75(68(63-80)90-76)91-77-73(86)71(84)70(83)67(62-79)89-77)78-69(82)61-59-57-55-53-51-49-47-45-43-41-39-37-34-30-28-26-24-22-20-18-16-14-12-10-8-6-4-2/h16,18,22,24,50,52,58,60,65-68,70-77,79-81,83-87H,3-15,17,19-21,23,25-49,51,53-57,59,61-64H2,1-2H3,(H,78,82)/b18-16-,24-22-,52-50+,60-58+. The van der Waals surface area contributed by atoms with Gasteiger partial charge in [-0.05, 0) is 64.2 Å². The van der Waals surface area contributed by atoms with Gasteiger partial charge in [0.1, 0.15) is 48.8 Å². The summed E-state index contributed by atoms with van der Waals surface area (Å²) in [4.78, 5) is 13.4. The van der Waals surface area contributed by atoms with Gasteiger partial charge in [0.2, 0.25) is 5.91 Å². The van der Waals surface area contributed by atoms with Gasteiger partial charge in [0.15, 0.2) is 12.6 Å². The summed E-state index contributed by atoms with van der Waals surface area (Å²) in [5.41, 5.74) is 0. The maximum Gasteiger partial charge on any atom is 0.220 e. The number of nitrogens with one attached hydrogen (secondary N) is 1. The normalized spacial score (nSPS) is 23.0. The molecule has 0 aromatic carbocycles. The van der Waals surface area contributed by atoms with Gasteiger partial charge in [-0.2, -0.15) is 0 Å². The van der Waals surface area contributed by atoms with Crippen LogP contribution in [0.25, 0.3) is 0 Å². The van der Waals surface area contributed by atoms with Crippen LogP contribution in [-0.4, -0.2) is 140 Å². The van der Waals surface area contributed by atoms with Gasteiger partial charge < -0.3 is 65.1 Å². The third-order valence-electron chi connectivity index (χ3n) is 18.7. The van der Waals surface area contributed by atoms with E-state index in [0.717, 1.165) is 38.5 Å². The smallest absolute Gasteiger partial charge is 0.220 e. The van der Waals surface area contributed by atoms with Gasteiger partial charge in [-0.1, -0.05) is 319 Å². The van der Waals surface area contributed by atoms with E-state index in [1.807, 2.05) is 6.08 Å². The van der Waals surface area contributed by atoms with Crippen molar-refractivity contribution in [1.29, 1.82) is 0 Å². The maximum atomic E-state index is 13.4. The topological polar surface area (TPSA) is 228 Å². The van der Waals surface area contributed by atoms with Crippen molar-refractivity contribution in [2.24, 2.45) is 0 Å². The Morgan fingerprint density at radius 2 is 0.736 bits per heavy atom. The average molecular weight is 1290 g/mol. The fourth-order valence-corrected chi connectivity index (χ4v) is 12.6. The Labute approximate surface area is 556 Å². The van der Waals surface area contributed by atoms with Gasteiger partial charge in [-0.3, -0.25) is 4.79 Å². The lowest BCUT2D eigenvalue weighted by molar-refractivity contribution is -0.359. The van der Waals surface area contributed by atoms with Crippen LogP contribution in [-0.2, 0) is 23.7 Å². The number of allylic oxidation sites excluding steroid dienone is 7. The fourth-order valence-electron chi connectivity index (χ4n) is 12.6. The molecule has 14 heteroatoms. The Morgan fingerprint density at radius 1 is 0.396 bits per heavy atom. The van der Waals surface area contributed by atoms with Crippen molar-refractivity contribution in [3.05, 3.63) is 48.6 Å². The molecule has 0 bridgehead atoms. The van der Waals surface area contributed by atoms with E-state index in [-0.39, 0.29) is 18.9 Å². The predicted molar refractivity (Wildman–Crippen MR) is 374 cm³/mol. The maximum absolute atomic E-state index is 13.4. The van der Waals surface area contributed by atoms with E-state index in [1.54, 1.807) is 6.08 Å². The molecular weight excluding hydrogens is 1150 g/mol. The predicted octanol–water partition coefficient (Wildman–Crippen LogP) is 16.6. The number of carbonyl (C=O) groups is 1. The molecule has 2 fully saturated rings. The minimum Gasteiger partial charge on any atom is -0.394 e. The number of carbonyl (C=O) groups excluding carboxylic acids is 1. The highest BCUT2D eigenvalue weighted by Crippen LogP contribution is 2.30. The molecule has 2 aliphatic rings. The van der Waals surface area contributed by atoms with Gasteiger partial charge in [0.25, 0.3) is 0 Å². The van der Waals surface area contributed by atoms with Crippen molar-refractivity contribution in [2.45, 2.75) is 415 Å². The van der Waals surface area contributed by atoms with Crippen LogP contribution in [0.1, 0.15) is 341 Å². The van der Waals surface area contributed by atoms with E-state index in [1.165, 1.54) is 270 Å². The number of amides is 1. The second-order valence-corrected chi connectivity index (χ2v) is 27.1. The Hall–Kier alpha value is -2.05. The first kappa shape index (κ1) is 85.0. The molecule has 534 valence electrons. The summed E-state index contributed by atoms with van der Waals surface area (Å²) in [5.74, 6) is -0.245. The number of aliphatic hydroxyl groups is 8. The number of aliphatic hydroxyl groups excluding tert-OH is 8. The van der Waals surface area contributed by atoms with Crippen molar-refractivity contribution in [3.63, 3.8) is 0 Å². The zero-order valence-corrected chi connectivity index (χ0v) is 58.3. The van der Waals surface area contributed by atoms with Gasteiger partial charge in [0.05, 0.1) is 32.0 Å². The lowest BCUT2D eigenvalue weighted by Crippen LogP contribution is -2.65. The monoisotopic (exact) mass is 1290 g/mol. The minimum absolute atomic E-state index is 0.245. The Morgan fingerprint density at radius 3 is 1.14 bits per heavy atom. The van der Waals surface area contributed by atoms with Gasteiger partial charge in [-0.25, -0.2) is 0 Å². The molecule has 0 spiro atoms. The third kappa shape index (κ3) is 45.2. The Balaban J connectivity index is 1.66. The molecule has 0 saturated carbocycles. The lowest BCUT2D eigenvalue weighted by atomic mass is 9.97. The average Bonchev–Trinajstić information content (AvgIpc) is 1.07. The van der Waals surface area contributed by atoms with E-state index in [2.05, 4.69) is 55.6 Å². The van der Waals surface area contributed by atoms with Crippen molar-refractivity contribution in [2.75, 3.05) is 19.8 Å². The molecule has 2 aliphatic heterocycles. The molecule has 0 aromatic rings. The van der Waals surface area contributed by atoms with E-state index < -0.39 is 86.8 Å². The van der Waals surface area contributed by atoms with Crippen molar-refractivity contribution < 1.29 is 64.6 Å². The second kappa shape index (κ2) is 61.5. The number of hydrogen-bond donors (Lipinski definition) is 9. The third-order valence-corrected chi connectivity index (χ3v) is 18.7. The first-order chi connectivity index (χ1) is 44.6. The zero-order valence-electron chi connectivity index (χ0n) is 58.3. The zero-order chi connectivity index (χ0) is 65.9. The van der Waals surface area contributed by atoms with Crippen LogP contribution < -0.4 is 5.32 Å². The summed E-state index contributed by atoms with van der Waals surface area (Å²) in [6.45, 7) is 2.82. The van der Waals surface area contributed by atoms with Gasteiger partial charge in [0, 0.05) is 6.42 Å². The number of unbranched alkanes of at least 4 members (excludes halogenated alkanes) is 45. The molecule has 12 atom stereocenters. The van der Waals surface area contributed by atoms with Crippen LogP contribution >= 0.6 is 0 Å². The van der Waals surface area contributed by atoms with Crippen molar-refractivity contribution >= 4 is 5.91 Å². The molecule has 0 aliphatic carbocycles. The van der Waals surface area contributed by atoms with Crippen molar-refractivity contribution in [3.8, 4) is 0 Å². The first-order valence-corrected chi connectivity index (χ1v) is 38.4. The molecule has 1 amide bonds.